The molecule has 98 valence electrons. The average molecular weight is 266 g/mol. The third-order valence-electron chi connectivity index (χ3n) is 2.43. The fraction of sp³-hybridized carbons (Fsp3) is 0.467. The van der Waals surface area contributed by atoms with Gasteiger partial charge < -0.3 is 9.64 Å². The maximum absolute atomic E-state index is 5.77. The van der Waals surface area contributed by atoms with Gasteiger partial charge in [0.05, 0.1) is 18.1 Å². The molecule has 3 heteroatoms. The second kappa shape index (κ2) is 8.02. The first-order valence-corrected chi connectivity index (χ1v) is 6.60. The average Bonchev–Trinajstić information content (AvgIpc) is 2.33. The van der Waals surface area contributed by atoms with E-state index in [9.17, 15) is 0 Å². The molecule has 0 amide bonds. The van der Waals surface area contributed by atoms with Crippen molar-refractivity contribution in [3.05, 3.63) is 29.3 Å². The van der Waals surface area contributed by atoms with Gasteiger partial charge in [0.2, 0.25) is 0 Å². The lowest BCUT2D eigenvalue weighted by Crippen LogP contribution is -2.15. The van der Waals surface area contributed by atoms with Crippen LogP contribution in [0.15, 0.2) is 18.2 Å². The summed E-state index contributed by atoms with van der Waals surface area (Å²) >= 11 is 5.59. The summed E-state index contributed by atoms with van der Waals surface area (Å²) < 4.78 is 5.77. The molecule has 1 aromatic rings. The first kappa shape index (κ1) is 14.9. The van der Waals surface area contributed by atoms with Crippen molar-refractivity contribution < 1.29 is 4.74 Å². The summed E-state index contributed by atoms with van der Waals surface area (Å²) in [5.41, 5.74) is 2.09. The molecule has 0 atom stereocenters. The van der Waals surface area contributed by atoms with Crippen LogP contribution in [0.3, 0.4) is 0 Å². The molecule has 0 N–H and O–H groups in total. The quantitative estimate of drug-likeness (QED) is 0.461. The van der Waals surface area contributed by atoms with Gasteiger partial charge in [-0.15, -0.1) is 11.6 Å². The molecule has 0 aromatic heterocycles. The van der Waals surface area contributed by atoms with E-state index in [1.807, 2.05) is 25.1 Å². The molecule has 1 rings (SSSR count). The highest BCUT2D eigenvalue weighted by Gasteiger charge is 2.02. The van der Waals surface area contributed by atoms with E-state index >= 15 is 0 Å². The molecule has 0 saturated heterocycles. The SMILES string of the molecule is Cc1ccc(OCCCN(C)C)c(C#CCCl)c1. The first-order valence-electron chi connectivity index (χ1n) is 6.06. The van der Waals surface area contributed by atoms with Crippen LogP contribution in [0.5, 0.6) is 5.75 Å². The smallest absolute Gasteiger partial charge is 0.134 e. The zero-order chi connectivity index (χ0) is 13.4. The third-order valence-corrected chi connectivity index (χ3v) is 2.57. The van der Waals surface area contributed by atoms with Crippen molar-refractivity contribution in [2.24, 2.45) is 0 Å². The zero-order valence-corrected chi connectivity index (χ0v) is 12.0. The number of benzene rings is 1. The Balaban J connectivity index is 2.63. The Kier molecular flexibility index (Phi) is 6.64. The van der Waals surface area contributed by atoms with E-state index in [0.29, 0.717) is 12.5 Å². The fourth-order valence-electron chi connectivity index (χ4n) is 1.56. The molecule has 18 heavy (non-hydrogen) atoms. The van der Waals surface area contributed by atoms with Gasteiger partial charge in [0.15, 0.2) is 0 Å². The lowest BCUT2D eigenvalue weighted by Gasteiger charge is -2.11. The van der Waals surface area contributed by atoms with Crippen LogP contribution >= 0.6 is 11.6 Å². The summed E-state index contributed by atoms with van der Waals surface area (Å²) in [4.78, 5) is 2.15. The molecule has 2 nitrogen and oxygen atoms in total. The van der Waals surface area contributed by atoms with Crippen LogP contribution in [0, 0.1) is 18.8 Å². The van der Waals surface area contributed by atoms with Crippen LogP contribution in [0.2, 0.25) is 0 Å². The largest absolute Gasteiger partial charge is 0.492 e. The van der Waals surface area contributed by atoms with E-state index in [1.165, 1.54) is 5.56 Å². The molecule has 0 unspecified atom stereocenters. The maximum Gasteiger partial charge on any atom is 0.134 e. The second-order valence-electron chi connectivity index (χ2n) is 4.44. The van der Waals surface area contributed by atoms with Crippen LogP contribution in [-0.2, 0) is 0 Å². The fourth-order valence-corrected chi connectivity index (χ4v) is 1.63. The minimum atomic E-state index is 0.341. The van der Waals surface area contributed by atoms with E-state index in [-0.39, 0.29) is 0 Å². The van der Waals surface area contributed by atoms with Gasteiger partial charge in [-0.2, -0.15) is 0 Å². The predicted molar refractivity (Wildman–Crippen MR) is 77.4 cm³/mol. The molecular formula is C15H20ClNO. The monoisotopic (exact) mass is 265 g/mol. The number of hydrogen-bond donors (Lipinski definition) is 0. The highest BCUT2D eigenvalue weighted by atomic mass is 35.5. The summed E-state index contributed by atoms with van der Waals surface area (Å²) in [6, 6.07) is 6.04. The molecule has 0 saturated carbocycles. The summed E-state index contributed by atoms with van der Waals surface area (Å²) in [6.45, 7) is 3.77. The molecule has 0 bridgehead atoms. The minimum absolute atomic E-state index is 0.341. The number of ether oxygens (including phenoxy) is 1. The Hall–Kier alpha value is -1.17. The molecule has 0 aliphatic carbocycles. The topological polar surface area (TPSA) is 12.5 Å². The van der Waals surface area contributed by atoms with Gasteiger partial charge in [-0.05, 0) is 45.1 Å². The minimum Gasteiger partial charge on any atom is -0.492 e. The van der Waals surface area contributed by atoms with E-state index < -0.39 is 0 Å². The van der Waals surface area contributed by atoms with Crippen molar-refractivity contribution in [3.8, 4) is 17.6 Å². The number of halogens is 1. The van der Waals surface area contributed by atoms with Crippen LogP contribution in [-0.4, -0.2) is 38.0 Å². The van der Waals surface area contributed by atoms with Gasteiger partial charge in [-0.25, -0.2) is 0 Å². The third kappa shape index (κ3) is 5.44. The Bertz CT molecular complexity index is 432. The lowest BCUT2D eigenvalue weighted by atomic mass is 10.1. The maximum atomic E-state index is 5.77. The Morgan fingerprint density at radius 3 is 2.78 bits per heavy atom. The summed E-state index contributed by atoms with van der Waals surface area (Å²) in [5.74, 6) is 7.09. The van der Waals surface area contributed by atoms with Gasteiger partial charge in [0, 0.05) is 6.54 Å². The molecule has 0 radical (unpaired) electrons. The van der Waals surface area contributed by atoms with Gasteiger partial charge in [0.25, 0.3) is 0 Å². The van der Waals surface area contributed by atoms with Crippen molar-refractivity contribution in [1.82, 2.24) is 4.90 Å². The van der Waals surface area contributed by atoms with Crippen molar-refractivity contribution in [2.45, 2.75) is 13.3 Å². The molecular weight excluding hydrogens is 246 g/mol. The van der Waals surface area contributed by atoms with Crippen molar-refractivity contribution in [1.29, 1.82) is 0 Å². The van der Waals surface area contributed by atoms with Crippen LogP contribution in [0.4, 0.5) is 0 Å². The molecule has 0 aliphatic heterocycles. The number of rotatable bonds is 5. The summed E-state index contributed by atoms with van der Waals surface area (Å²) in [7, 11) is 4.12. The molecule has 0 aliphatic rings. The predicted octanol–water partition coefficient (Wildman–Crippen LogP) is 2.92. The highest BCUT2D eigenvalue weighted by molar-refractivity contribution is 6.19. The molecule has 0 heterocycles. The van der Waals surface area contributed by atoms with Crippen molar-refractivity contribution in [3.63, 3.8) is 0 Å². The first-order chi connectivity index (χ1) is 8.63. The number of aryl methyl sites for hydroxylation is 1. The van der Waals surface area contributed by atoms with E-state index in [2.05, 4.69) is 30.8 Å². The van der Waals surface area contributed by atoms with E-state index in [4.69, 9.17) is 16.3 Å². The molecule has 0 fully saturated rings. The van der Waals surface area contributed by atoms with E-state index in [0.717, 1.165) is 24.3 Å². The summed E-state index contributed by atoms with van der Waals surface area (Å²) in [5, 5.41) is 0. The standard InChI is InChI=1S/C15H20ClNO/c1-13-7-8-15(14(12-13)6-4-9-16)18-11-5-10-17(2)3/h7-8,12H,5,9-11H2,1-3H3. The van der Waals surface area contributed by atoms with Crippen LogP contribution in [0.25, 0.3) is 0 Å². The zero-order valence-electron chi connectivity index (χ0n) is 11.3. The van der Waals surface area contributed by atoms with Crippen LogP contribution < -0.4 is 4.74 Å². The van der Waals surface area contributed by atoms with Crippen molar-refractivity contribution >= 4 is 11.6 Å². The molecule has 1 aromatic carbocycles. The number of nitrogens with zero attached hydrogens (tertiary/aromatic N) is 1. The second-order valence-corrected chi connectivity index (χ2v) is 4.71. The van der Waals surface area contributed by atoms with Crippen LogP contribution in [0.1, 0.15) is 17.5 Å². The number of alkyl halides is 1. The lowest BCUT2D eigenvalue weighted by molar-refractivity contribution is 0.281. The Labute approximate surface area is 115 Å². The Morgan fingerprint density at radius 2 is 2.11 bits per heavy atom. The normalized spacial score (nSPS) is 10.1. The van der Waals surface area contributed by atoms with Gasteiger partial charge >= 0.3 is 0 Å². The molecule has 0 spiro atoms. The van der Waals surface area contributed by atoms with E-state index in [1.54, 1.807) is 0 Å². The van der Waals surface area contributed by atoms with Crippen molar-refractivity contribution in [2.75, 3.05) is 33.1 Å². The summed E-state index contributed by atoms with van der Waals surface area (Å²) in [6.07, 6.45) is 1.00. The Morgan fingerprint density at radius 1 is 1.33 bits per heavy atom. The number of hydrogen-bond acceptors (Lipinski definition) is 2. The van der Waals surface area contributed by atoms with Gasteiger partial charge in [0.1, 0.15) is 5.75 Å². The van der Waals surface area contributed by atoms with Gasteiger partial charge in [-0.3, -0.25) is 0 Å². The highest BCUT2D eigenvalue weighted by Crippen LogP contribution is 2.19. The van der Waals surface area contributed by atoms with Gasteiger partial charge in [-0.1, -0.05) is 17.9 Å².